The summed E-state index contributed by atoms with van der Waals surface area (Å²) in [5.74, 6) is 0.789. The van der Waals surface area contributed by atoms with Crippen LogP contribution < -0.4 is 11.1 Å². The van der Waals surface area contributed by atoms with Crippen molar-refractivity contribution in [2.45, 2.75) is 6.10 Å². The summed E-state index contributed by atoms with van der Waals surface area (Å²) in [7, 11) is 0. The standard InChI is InChI=1S/C5H14N2OS/c6-3-5(8)4-7-1-2-9/h5,7-9H,1-4,6H2. The van der Waals surface area contributed by atoms with E-state index in [-0.39, 0.29) is 0 Å². The molecule has 0 rings (SSSR count). The molecule has 4 N–H and O–H groups in total. The fraction of sp³-hybridized carbons (Fsp3) is 1.00. The van der Waals surface area contributed by atoms with E-state index in [9.17, 15) is 0 Å². The van der Waals surface area contributed by atoms with E-state index in [4.69, 9.17) is 10.8 Å². The Kier molecular flexibility index (Phi) is 6.51. The molecule has 0 radical (unpaired) electrons. The summed E-state index contributed by atoms with van der Waals surface area (Å²) >= 11 is 3.98. The van der Waals surface area contributed by atoms with Gasteiger partial charge in [-0.25, -0.2) is 0 Å². The number of hydrogen-bond acceptors (Lipinski definition) is 4. The third-order valence-electron chi connectivity index (χ3n) is 0.941. The van der Waals surface area contributed by atoms with Crippen LogP contribution in [0, 0.1) is 0 Å². The Labute approximate surface area is 61.0 Å². The Morgan fingerprint density at radius 2 is 2.33 bits per heavy atom. The van der Waals surface area contributed by atoms with Crippen LogP contribution in [0.1, 0.15) is 0 Å². The first-order valence-electron chi connectivity index (χ1n) is 3.01. The number of aliphatic hydroxyl groups excluding tert-OH is 1. The molecule has 0 heterocycles. The van der Waals surface area contributed by atoms with Crippen LogP contribution in [0.4, 0.5) is 0 Å². The van der Waals surface area contributed by atoms with E-state index in [2.05, 4.69) is 17.9 Å². The first kappa shape index (κ1) is 9.23. The van der Waals surface area contributed by atoms with Gasteiger partial charge in [-0.15, -0.1) is 0 Å². The maximum Gasteiger partial charge on any atom is 0.0786 e. The van der Waals surface area contributed by atoms with Crippen molar-refractivity contribution in [1.29, 1.82) is 0 Å². The molecule has 0 aliphatic heterocycles. The van der Waals surface area contributed by atoms with E-state index >= 15 is 0 Å². The second-order valence-corrected chi connectivity index (χ2v) is 2.26. The molecule has 56 valence electrons. The van der Waals surface area contributed by atoms with Crippen molar-refractivity contribution < 1.29 is 5.11 Å². The van der Waals surface area contributed by atoms with Gasteiger partial charge in [0.05, 0.1) is 6.10 Å². The van der Waals surface area contributed by atoms with E-state index in [0.717, 1.165) is 12.3 Å². The van der Waals surface area contributed by atoms with Gasteiger partial charge in [0.1, 0.15) is 0 Å². The summed E-state index contributed by atoms with van der Waals surface area (Å²) in [5, 5.41) is 11.9. The third-order valence-corrected chi connectivity index (χ3v) is 1.16. The lowest BCUT2D eigenvalue weighted by molar-refractivity contribution is 0.180. The lowest BCUT2D eigenvalue weighted by Crippen LogP contribution is -2.33. The largest absolute Gasteiger partial charge is 0.390 e. The minimum absolute atomic E-state index is 0.319. The molecule has 4 heteroatoms. The third kappa shape index (κ3) is 6.11. The molecular weight excluding hydrogens is 136 g/mol. The quantitative estimate of drug-likeness (QED) is 0.295. The molecule has 0 saturated carbocycles. The zero-order valence-corrected chi connectivity index (χ0v) is 6.27. The second kappa shape index (κ2) is 6.35. The van der Waals surface area contributed by atoms with Gasteiger partial charge >= 0.3 is 0 Å². The fourth-order valence-corrected chi connectivity index (χ4v) is 0.589. The van der Waals surface area contributed by atoms with Crippen LogP contribution in [-0.4, -0.2) is 36.6 Å². The summed E-state index contributed by atoms with van der Waals surface area (Å²) < 4.78 is 0. The molecule has 0 fully saturated rings. The van der Waals surface area contributed by atoms with Gasteiger partial charge in [0.15, 0.2) is 0 Å². The highest BCUT2D eigenvalue weighted by Crippen LogP contribution is 1.74. The van der Waals surface area contributed by atoms with Crippen LogP contribution in [0.3, 0.4) is 0 Å². The topological polar surface area (TPSA) is 58.3 Å². The fourth-order valence-electron chi connectivity index (χ4n) is 0.431. The van der Waals surface area contributed by atoms with Crippen LogP contribution in [0.2, 0.25) is 0 Å². The second-order valence-electron chi connectivity index (χ2n) is 1.82. The number of nitrogens with two attached hydrogens (primary N) is 1. The highest BCUT2D eigenvalue weighted by atomic mass is 32.1. The number of aliphatic hydroxyl groups is 1. The monoisotopic (exact) mass is 150 g/mol. The van der Waals surface area contributed by atoms with Gasteiger partial charge < -0.3 is 16.2 Å². The molecule has 0 amide bonds. The lowest BCUT2D eigenvalue weighted by atomic mass is 10.3. The van der Waals surface area contributed by atoms with E-state index in [1.165, 1.54) is 0 Å². The lowest BCUT2D eigenvalue weighted by Gasteiger charge is -2.06. The van der Waals surface area contributed by atoms with Crippen molar-refractivity contribution in [3.05, 3.63) is 0 Å². The number of thiol groups is 1. The number of rotatable bonds is 5. The normalized spacial score (nSPS) is 13.7. The average Bonchev–Trinajstić information content (AvgIpc) is 1.89. The zero-order valence-electron chi connectivity index (χ0n) is 5.38. The van der Waals surface area contributed by atoms with Crippen LogP contribution in [0.5, 0.6) is 0 Å². The Hall–Kier alpha value is 0.230. The summed E-state index contributed by atoms with van der Waals surface area (Å²) in [6.07, 6.45) is -0.412. The van der Waals surface area contributed by atoms with E-state index < -0.39 is 6.10 Å². The van der Waals surface area contributed by atoms with Gasteiger partial charge in [0, 0.05) is 25.4 Å². The molecule has 0 aromatic rings. The van der Waals surface area contributed by atoms with Gasteiger partial charge in [-0.2, -0.15) is 12.6 Å². The van der Waals surface area contributed by atoms with E-state index in [1.807, 2.05) is 0 Å². The Balaban J connectivity index is 2.88. The SMILES string of the molecule is NCC(O)CNCCS. The van der Waals surface area contributed by atoms with Gasteiger partial charge in [-0.3, -0.25) is 0 Å². The van der Waals surface area contributed by atoms with Gasteiger partial charge in [-0.05, 0) is 0 Å². The smallest absolute Gasteiger partial charge is 0.0786 e. The molecule has 0 aromatic heterocycles. The summed E-state index contributed by atoms with van der Waals surface area (Å²) in [4.78, 5) is 0. The molecular formula is C5H14N2OS. The van der Waals surface area contributed by atoms with E-state index in [1.54, 1.807) is 0 Å². The van der Waals surface area contributed by atoms with Crippen molar-refractivity contribution >= 4 is 12.6 Å². The summed E-state index contributed by atoms with van der Waals surface area (Å²) in [5.41, 5.74) is 5.15. The van der Waals surface area contributed by atoms with Gasteiger partial charge in [-0.1, -0.05) is 0 Å². The molecule has 0 aliphatic carbocycles. The number of hydrogen-bond donors (Lipinski definition) is 4. The summed E-state index contributed by atoms with van der Waals surface area (Å²) in [6, 6.07) is 0. The minimum atomic E-state index is -0.412. The highest BCUT2D eigenvalue weighted by Gasteiger charge is 1.96. The molecule has 0 aliphatic rings. The first-order valence-corrected chi connectivity index (χ1v) is 3.64. The van der Waals surface area contributed by atoms with Crippen LogP contribution in [0.15, 0.2) is 0 Å². The van der Waals surface area contributed by atoms with Crippen molar-refractivity contribution in [3.8, 4) is 0 Å². The van der Waals surface area contributed by atoms with Crippen LogP contribution in [-0.2, 0) is 0 Å². The summed E-state index contributed by atoms with van der Waals surface area (Å²) in [6.45, 7) is 1.71. The zero-order chi connectivity index (χ0) is 7.11. The maximum absolute atomic E-state index is 8.87. The first-order chi connectivity index (χ1) is 4.31. The van der Waals surface area contributed by atoms with Crippen LogP contribution >= 0.6 is 12.6 Å². The van der Waals surface area contributed by atoms with Crippen LogP contribution in [0.25, 0.3) is 0 Å². The minimum Gasteiger partial charge on any atom is -0.390 e. The van der Waals surface area contributed by atoms with Gasteiger partial charge in [0.25, 0.3) is 0 Å². The van der Waals surface area contributed by atoms with Crippen molar-refractivity contribution in [2.24, 2.45) is 5.73 Å². The maximum atomic E-state index is 8.87. The average molecular weight is 150 g/mol. The molecule has 9 heavy (non-hydrogen) atoms. The Bertz CT molecular complexity index is 62.9. The van der Waals surface area contributed by atoms with Gasteiger partial charge in [0.2, 0.25) is 0 Å². The molecule has 0 saturated heterocycles. The molecule has 1 unspecified atom stereocenters. The molecule has 1 atom stereocenters. The molecule has 0 spiro atoms. The predicted molar refractivity (Wildman–Crippen MR) is 41.8 cm³/mol. The molecule has 0 aromatic carbocycles. The Morgan fingerprint density at radius 1 is 1.67 bits per heavy atom. The highest BCUT2D eigenvalue weighted by molar-refractivity contribution is 7.80. The van der Waals surface area contributed by atoms with Crippen molar-refractivity contribution in [2.75, 3.05) is 25.4 Å². The van der Waals surface area contributed by atoms with Crippen molar-refractivity contribution in [1.82, 2.24) is 5.32 Å². The Morgan fingerprint density at radius 3 is 2.78 bits per heavy atom. The van der Waals surface area contributed by atoms with E-state index in [0.29, 0.717) is 13.1 Å². The predicted octanol–water partition coefficient (Wildman–Crippen LogP) is -1.17. The number of nitrogens with one attached hydrogen (secondary N) is 1. The van der Waals surface area contributed by atoms with Crippen molar-refractivity contribution in [3.63, 3.8) is 0 Å². The molecule has 3 nitrogen and oxygen atoms in total. The molecule has 0 bridgehead atoms.